The predicted molar refractivity (Wildman–Crippen MR) is 111 cm³/mol. The first-order valence-corrected chi connectivity index (χ1v) is 11.3. The topological polar surface area (TPSA) is 118 Å². The maximum atomic E-state index is 12.5. The number of aromatic nitrogens is 3. The molecule has 160 valence electrons. The Morgan fingerprint density at radius 3 is 2.83 bits per heavy atom. The number of rotatable bonds is 9. The standard InChI is InChI=1S/C19H29N4O5P/c1-5-7-12-14(6-2)27-19(17(12)28-29(25)26)23-10-21-16-13(23)8-15(22-18(16)24)20-9-11(3)4/h8,10-12,14,17,19H,5-7,9H2,1-4H3,(H2-,20,22,24,25,26)/p+1/t12-,14+,17?,19+/m0/s1. The van der Waals surface area contributed by atoms with Crippen molar-refractivity contribution >= 4 is 25.1 Å². The van der Waals surface area contributed by atoms with E-state index in [-0.39, 0.29) is 17.6 Å². The Balaban J connectivity index is 2.02. The molecule has 1 aliphatic heterocycles. The highest BCUT2D eigenvalue weighted by Crippen LogP contribution is 2.44. The molecule has 2 unspecified atom stereocenters. The van der Waals surface area contributed by atoms with Gasteiger partial charge in [-0.1, -0.05) is 34.1 Å². The first-order chi connectivity index (χ1) is 13.8. The molecule has 2 aromatic heterocycles. The third-order valence-electron chi connectivity index (χ3n) is 5.28. The molecule has 2 aromatic rings. The van der Waals surface area contributed by atoms with E-state index in [0.29, 0.717) is 29.3 Å². The van der Waals surface area contributed by atoms with Gasteiger partial charge in [-0.05, 0) is 18.8 Å². The summed E-state index contributed by atoms with van der Waals surface area (Å²) >= 11 is 0. The Labute approximate surface area is 170 Å². The highest BCUT2D eigenvalue weighted by atomic mass is 31.1. The molecule has 0 spiro atoms. The summed E-state index contributed by atoms with van der Waals surface area (Å²) < 4.78 is 24.9. The van der Waals surface area contributed by atoms with E-state index in [9.17, 15) is 14.3 Å². The molecule has 29 heavy (non-hydrogen) atoms. The number of H-pyrrole nitrogens is 1. The van der Waals surface area contributed by atoms with Crippen molar-refractivity contribution in [3.63, 3.8) is 0 Å². The van der Waals surface area contributed by atoms with Crippen molar-refractivity contribution in [3.8, 4) is 0 Å². The van der Waals surface area contributed by atoms with Gasteiger partial charge in [0, 0.05) is 23.1 Å². The van der Waals surface area contributed by atoms with Crippen LogP contribution in [0.15, 0.2) is 17.2 Å². The van der Waals surface area contributed by atoms with Crippen LogP contribution in [0, 0.1) is 11.8 Å². The molecule has 0 bridgehead atoms. The smallest absolute Gasteiger partial charge is 0.371 e. The van der Waals surface area contributed by atoms with Crippen LogP contribution in [0.5, 0.6) is 0 Å². The molecule has 3 rings (SSSR count). The predicted octanol–water partition coefficient (Wildman–Crippen LogP) is 3.55. The second-order valence-electron chi connectivity index (χ2n) is 7.91. The molecule has 5 atom stereocenters. The van der Waals surface area contributed by atoms with Gasteiger partial charge in [-0.3, -0.25) is 4.79 Å². The van der Waals surface area contributed by atoms with Gasteiger partial charge >= 0.3 is 8.25 Å². The van der Waals surface area contributed by atoms with Crippen molar-refractivity contribution in [1.82, 2.24) is 14.5 Å². The van der Waals surface area contributed by atoms with E-state index in [0.717, 1.165) is 19.3 Å². The van der Waals surface area contributed by atoms with E-state index < -0.39 is 20.6 Å². The van der Waals surface area contributed by atoms with Crippen molar-refractivity contribution in [2.75, 3.05) is 11.9 Å². The van der Waals surface area contributed by atoms with Crippen molar-refractivity contribution < 1.29 is 18.7 Å². The Kier molecular flexibility index (Phi) is 7.05. The highest BCUT2D eigenvalue weighted by molar-refractivity contribution is 7.32. The third-order valence-corrected chi connectivity index (χ3v) is 5.71. The number of fused-ring (bicyclic) bond motifs is 1. The molecule has 0 saturated carbocycles. The summed E-state index contributed by atoms with van der Waals surface area (Å²) in [6.45, 7) is 8.96. The number of pyridine rings is 1. The van der Waals surface area contributed by atoms with Crippen LogP contribution in [0.1, 0.15) is 53.2 Å². The first kappa shape index (κ1) is 21.9. The van der Waals surface area contributed by atoms with Gasteiger partial charge in [0.05, 0.1) is 17.9 Å². The molecule has 9 nitrogen and oxygen atoms in total. The lowest BCUT2D eigenvalue weighted by molar-refractivity contribution is -0.0294. The molecule has 0 aromatic carbocycles. The van der Waals surface area contributed by atoms with Crippen LogP contribution in [0.25, 0.3) is 11.0 Å². The number of imidazole rings is 1. The zero-order chi connectivity index (χ0) is 21.1. The maximum absolute atomic E-state index is 12.5. The minimum Gasteiger partial charge on any atom is -0.371 e. The second kappa shape index (κ2) is 9.34. The van der Waals surface area contributed by atoms with Gasteiger partial charge in [-0.2, -0.15) is 0 Å². The van der Waals surface area contributed by atoms with Crippen LogP contribution >= 0.6 is 8.25 Å². The summed E-state index contributed by atoms with van der Waals surface area (Å²) in [5, 5.41) is 3.22. The van der Waals surface area contributed by atoms with Gasteiger partial charge in [0.15, 0.2) is 17.8 Å². The largest absolute Gasteiger partial charge is 0.695 e. The van der Waals surface area contributed by atoms with E-state index in [1.54, 1.807) is 10.9 Å². The Morgan fingerprint density at radius 2 is 2.21 bits per heavy atom. The van der Waals surface area contributed by atoms with Crippen LogP contribution < -0.4 is 10.9 Å². The van der Waals surface area contributed by atoms with Crippen LogP contribution in [0.3, 0.4) is 0 Å². The van der Waals surface area contributed by atoms with Gasteiger partial charge in [-0.15, -0.1) is 9.42 Å². The Morgan fingerprint density at radius 1 is 1.45 bits per heavy atom. The zero-order valence-electron chi connectivity index (χ0n) is 17.3. The fourth-order valence-electron chi connectivity index (χ4n) is 3.98. The van der Waals surface area contributed by atoms with Crippen LogP contribution in [0.4, 0.5) is 5.82 Å². The van der Waals surface area contributed by atoms with Gasteiger partial charge in [0.25, 0.3) is 5.56 Å². The van der Waals surface area contributed by atoms with Crippen LogP contribution in [-0.2, 0) is 13.8 Å². The Hall–Kier alpha value is -1.80. The molecule has 1 aliphatic rings. The van der Waals surface area contributed by atoms with Crippen molar-refractivity contribution in [2.24, 2.45) is 11.8 Å². The summed E-state index contributed by atoms with van der Waals surface area (Å²) in [5.41, 5.74) is 0.593. The minimum atomic E-state index is -2.79. The monoisotopic (exact) mass is 425 g/mol. The molecule has 3 heterocycles. The number of ether oxygens (including phenoxy) is 1. The number of hydrogen-bond donors (Lipinski definition) is 3. The number of anilines is 1. The number of aromatic amines is 1. The summed E-state index contributed by atoms with van der Waals surface area (Å²) in [4.78, 5) is 29.0. The molecule has 0 aliphatic carbocycles. The lowest BCUT2D eigenvalue weighted by Gasteiger charge is -2.19. The lowest BCUT2D eigenvalue weighted by Crippen LogP contribution is -2.27. The minimum absolute atomic E-state index is 0.0147. The Bertz CT molecular complexity index is 912. The summed E-state index contributed by atoms with van der Waals surface area (Å²) in [5.74, 6) is 0.994. The normalized spacial score (nSPS) is 25.1. The summed E-state index contributed by atoms with van der Waals surface area (Å²) in [7, 11) is -2.79. The lowest BCUT2D eigenvalue weighted by atomic mass is 9.92. The average Bonchev–Trinajstić information content (AvgIpc) is 3.22. The van der Waals surface area contributed by atoms with Crippen LogP contribution in [-0.4, -0.2) is 38.2 Å². The number of hydrogen-bond acceptors (Lipinski definition) is 6. The molecule has 1 fully saturated rings. The third kappa shape index (κ3) is 4.69. The quantitative estimate of drug-likeness (QED) is 0.526. The fourth-order valence-corrected chi connectivity index (χ4v) is 4.44. The van der Waals surface area contributed by atoms with E-state index in [1.807, 2.05) is 13.0 Å². The first-order valence-electron chi connectivity index (χ1n) is 10.2. The van der Waals surface area contributed by atoms with E-state index >= 15 is 0 Å². The molecule has 0 amide bonds. The average molecular weight is 425 g/mol. The molecule has 10 heteroatoms. The summed E-state index contributed by atoms with van der Waals surface area (Å²) in [6.07, 6.45) is 2.70. The molecule has 0 radical (unpaired) electrons. The van der Waals surface area contributed by atoms with Gasteiger partial charge < -0.3 is 19.6 Å². The van der Waals surface area contributed by atoms with E-state index in [2.05, 4.69) is 36.1 Å². The van der Waals surface area contributed by atoms with Crippen LogP contribution in [0.2, 0.25) is 0 Å². The molecular weight excluding hydrogens is 395 g/mol. The summed E-state index contributed by atoms with van der Waals surface area (Å²) in [6, 6.07) is 1.82. The maximum Gasteiger partial charge on any atom is 0.695 e. The molecule has 1 saturated heterocycles. The van der Waals surface area contributed by atoms with E-state index in [1.165, 1.54) is 0 Å². The van der Waals surface area contributed by atoms with Crippen molar-refractivity contribution in [2.45, 2.75) is 65.4 Å². The molecular formula is C19H30N4O5P+. The number of nitrogens with one attached hydrogen (secondary N) is 2. The van der Waals surface area contributed by atoms with Gasteiger partial charge in [0.1, 0.15) is 5.82 Å². The van der Waals surface area contributed by atoms with Gasteiger partial charge in [-0.25, -0.2) is 4.98 Å². The van der Waals surface area contributed by atoms with Crippen molar-refractivity contribution in [3.05, 3.63) is 22.7 Å². The SMILES string of the molecule is CCC[C@@H]1C(O[P+](=O)O)[C@H](n2cnc3c(=O)[nH]c(NCC(C)C)cc32)O[C@@H]1CC. The number of nitrogens with zero attached hydrogens (tertiary/aromatic N) is 2. The highest BCUT2D eigenvalue weighted by Gasteiger charge is 2.49. The van der Waals surface area contributed by atoms with E-state index in [4.69, 9.17) is 9.26 Å². The molecule has 3 N–H and O–H groups in total. The zero-order valence-corrected chi connectivity index (χ0v) is 18.2. The second-order valence-corrected chi connectivity index (χ2v) is 8.59. The van der Waals surface area contributed by atoms with Crippen molar-refractivity contribution in [1.29, 1.82) is 0 Å². The van der Waals surface area contributed by atoms with Gasteiger partial charge in [0.2, 0.25) is 0 Å². The fraction of sp³-hybridized carbons (Fsp3) is 0.684.